The fourth-order valence-electron chi connectivity index (χ4n) is 1.70. The minimum Gasteiger partial charge on any atom is -0.467 e. The quantitative estimate of drug-likeness (QED) is 0.768. The van der Waals surface area contributed by atoms with E-state index in [9.17, 15) is 9.59 Å². The van der Waals surface area contributed by atoms with Crippen LogP contribution in [0.1, 0.15) is 12.7 Å². The number of amides is 2. The lowest BCUT2D eigenvalue weighted by atomic mass is 10.0. The Hall–Kier alpha value is -2.11. The molecule has 1 aliphatic rings. The minimum absolute atomic E-state index is 0.270. The first kappa shape index (κ1) is 11.4. The van der Waals surface area contributed by atoms with Crippen LogP contribution in [0.25, 0.3) is 0 Å². The molecule has 0 fully saturated rings. The van der Waals surface area contributed by atoms with Crippen molar-refractivity contribution in [1.82, 2.24) is 10.3 Å². The molecular weight excluding hydrogens is 222 g/mol. The molecule has 6 nitrogen and oxygen atoms in total. The number of nitrogens with zero attached hydrogens (tertiary/aromatic N) is 2. The van der Waals surface area contributed by atoms with Gasteiger partial charge in [-0.05, 0) is 19.1 Å². The summed E-state index contributed by atoms with van der Waals surface area (Å²) < 4.78 is 5.08. The highest BCUT2D eigenvalue weighted by atomic mass is 16.3. The molecule has 0 saturated heterocycles. The zero-order valence-electron chi connectivity index (χ0n) is 9.64. The van der Waals surface area contributed by atoms with Gasteiger partial charge in [-0.15, -0.1) is 0 Å². The molecule has 90 valence electrons. The van der Waals surface area contributed by atoms with E-state index in [2.05, 4.69) is 10.4 Å². The van der Waals surface area contributed by atoms with Crippen molar-refractivity contribution in [2.45, 2.75) is 13.5 Å². The maximum absolute atomic E-state index is 11.8. The topological polar surface area (TPSA) is 74.9 Å². The number of nitrogens with one attached hydrogen (secondary N) is 1. The first-order valence-electron chi connectivity index (χ1n) is 5.22. The summed E-state index contributed by atoms with van der Waals surface area (Å²) in [5.74, 6) is -0.821. The Morgan fingerprint density at radius 2 is 2.41 bits per heavy atom. The molecule has 0 aliphatic carbocycles. The highest BCUT2D eigenvalue weighted by Gasteiger charge is 2.37. The van der Waals surface area contributed by atoms with Crippen molar-refractivity contribution < 1.29 is 14.0 Å². The average molecular weight is 235 g/mol. The van der Waals surface area contributed by atoms with Crippen LogP contribution in [-0.4, -0.2) is 29.6 Å². The van der Waals surface area contributed by atoms with Gasteiger partial charge in [-0.2, -0.15) is 5.10 Å². The van der Waals surface area contributed by atoms with Gasteiger partial charge in [0.1, 0.15) is 5.76 Å². The molecule has 1 aromatic heterocycles. The smallest absolute Gasteiger partial charge is 0.260 e. The van der Waals surface area contributed by atoms with E-state index in [-0.39, 0.29) is 18.4 Å². The van der Waals surface area contributed by atoms with Crippen LogP contribution in [0, 0.1) is 5.92 Å². The van der Waals surface area contributed by atoms with Gasteiger partial charge in [0.2, 0.25) is 5.91 Å². The fraction of sp³-hybridized carbons (Fsp3) is 0.364. The normalized spacial score (nSPS) is 19.4. The van der Waals surface area contributed by atoms with Crippen molar-refractivity contribution in [1.29, 1.82) is 0 Å². The van der Waals surface area contributed by atoms with Gasteiger partial charge in [0.15, 0.2) is 5.92 Å². The van der Waals surface area contributed by atoms with E-state index in [0.29, 0.717) is 11.5 Å². The highest BCUT2D eigenvalue weighted by molar-refractivity contribution is 6.21. The SMILES string of the molecule is CC1=NN(C)C(=O)[C@H]1C(=O)NCc1ccco1. The third-order valence-electron chi connectivity index (χ3n) is 2.57. The van der Waals surface area contributed by atoms with Crippen LogP contribution in [0.5, 0.6) is 0 Å². The van der Waals surface area contributed by atoms with Gasteiger partial charge >= 0.3 is 0 Å². The van der Waals surface area contributed by atoms with Crippen LogP contribution in [0.15, 0.2) is 27.9 Å². The number of furan rings is 1. The van der Waals surface area contributed by atoms with Crippen LogP contribution >= 0.6 is 0 Å². The molecule has 0 unspecified atom stereocenters. The van der Waals surface area contributed by atoms with Crippen LogP contribution in [0.4, 0.5) is 0 Å². The number of rotatable bonds is 3. The predicted molar refractivity (Wildman–Crippen MR) is 59.9 cm³/mol. The van der Waals surface area contributed by atoms with Gasteiger partial charge in [0.05, 0.1) is 18.5 Å². The van der Waals surface area contributed by atoms with Gasteiger partial charge in [-0.1, -0.05) is 0 Å². The summed E-state index contributed by atoms with van der Waals surface area (Å²) in [7, 11) is 1.53. The highest BCUT2D eigenvalue weighted by Crippen LogP contribution is 2.14. The van der Waals surface area contributed by atoms with E-state index < -0.39 is 5.92 Å². The Kier molecular flexibility index (Phi) is 2.95. The van der Waals surface area contributed by atoms with E-state index in [4.69, 9.17) is 4.42 Å². The van der Waals surface area contributed by atoms with Gasteiger partial charge in [-0.25, -0.2) is 5.01 Å². The zero-order chi connectivity index (χ0) is 12.4. The third kappa shape index (κ3) is 2.20. The van der Waals surface area contributed by atoms with Gasteiger partial charge in [-0.3, -0.25) is 9.59 Å². The number of hydrogen-bond donors (Lipinski definition) is 1. The lowest BCUT2D eigenvalue weighted by Gasteiger charge is -2.09. The maximum Gasteiger partial charge on any atom is 0.260 e. The summed E-state index contributed by atoms with van der Waals surface area (Å²) in [4.78, 5) is 23.5. The third-order valence-corrected chi connectivity index (χ3v) is 2.57. The largest absolute Gasteiger partial charge is 0.467 e. The van der Waals surface area contributed by atoms with Crippen molar-refractivity contribution >= 4 is 17.5 Å². The Morgan fingerprint density at radius 3 is 2.94 bits per heavy atom. The van der Waals surface area contributed by atoms with Crippen LogP contribution in [0.3, 0.4) is 0 Å². The van der Waals surface area contributed by atoms with E-state index in [1.165, 1.54) is 18.3 Å². The summed E-state index contributed by atoms with van der Waals surface area (Å²) >= 11 is 0. The maximum atomic E-state index is 11.8. The first-order valence-corrected chi connectivity index (χ1v) is 5.22. The lowest BCUT2D eigenvalue weighted by Crippen LogP contribution is -2.38. The molecule has 0 radical (unpaired) electrons. The minimum atomic E-state index is -0.810. The predicted octanol–water partition coefficient (Wildman–Crippen LogP) is 0.360. The summed E-state index contributed by atoms with van der Waals surface area (Å²) in [6.45, 7) is 1.94. The molecule has 1 aliphatic heterocycles. The second-order valence-electron chi connectivity index (χ2n) is 3.83. The number of carbonyl (C=O) groups is 2. The molecule has 1 aromatic rings. The van der Waals surface area contributed by atoms with Gasteiger partial charge in [0, 0.05) is 7.05 Å². The second kappa shape index (κ2) is 4.40. The van der Waals surface area contributed by atoms with Crippen molar-refractivity contribution in [2.24, 2.45) is 11.0 Å². The molecule has 0 spiro atoms. The standard InChI is InChI=1S/C11H13N3O3/c1-7-9(11(16)14(2)13-7)10(15)12-6-8-4-3-5-17-8/h3-5,9H,6H2,1-2H3,(H,12,15)/t9-/m1/s1. The Balaban J connectivity index is 1.97. The molecule has 2 rings (SSSR count). The van der Waals surface area contributed by atoms with Crippen molar-refractivity contribution in [3.8, 4) is 0 Å². The van der Waals surface area contributed by atoms with Crippen molar-refractivity contribution in [2.75, 3.05) is 7.05 Å². The monoisotopic (exact) mass is 235 g/mol. The van der Waals surface area contributed by atoms with Gasteiger partial charge in [0.25, 0.3) is 5.91 Å². The van der Waals surface area contributed by atoms with Crippen molar-refractivity contribution in [3.05, 3.63) is 24.2 Å². The van der Waals surface area contributed by atoms with Crippen LogP contribution < -0.4 is 5.32 Å². The van der Waals surface area contributed by atoms with Crippen LogP contribution in [0.2, 0.25) is 0 Å². The van der Waals surface area contributed by atoms with Crippen LogP contribution in [-0.2, 0) is 16.1 Å². The molecule has 0 aromatic carbocycles. The molecule has 1 N–H and O–H groups in total. The molecule has 2 heterocycles. The second-order valence-corrected chi connectivity index (χ2v) is 3.83. The summed E-state index contributed by atoms with van der Waals surface area (Å²) in [6.07, 6.45) is 1.53. The average Bonchev–Trinajstić information content (AvgIpc) is 2.86. The molecule has 17 heavy (non-hydrogen) atoms. The fourth-order valence-corrected chi connectivity index (χ4v) is 1.70. The Labute approximate surface area is 98.3 Å². The molecule has 2 amide bonds. The van der Waals surface area contributed by atoms with E-state index in [1.807, 2.05) is 0 Å². The van der Waals surface area contributed by atoms with E-state index >= 15 is 0 Å². The number of carbonyl (C=O) groups excluding carboxylic acids is 2. The number of hydrazone groups is 1. The Bertz CT molecular complexity index is 464. The molecule has 0 saturated carbocycles. The lowest BCUT2D eigenvalue weighted by molar-refractivity contribution is -0.136. The Morgan fingerprint density at radius 1 is 1.65 bits per heavy atom. The number of hydrogen-bond acceptors (Lipinski definition) is 4. The molecular formula is C11H13N3O3. The van der Waals surface area contributed by atoms with E-state index in [1.54, 1.807) is 19.1 Å². The van der Waals surface area contributed by atoms with Gasteiger partial charge < -0.3 is 9.73 Å². The zero-order valence-corrected chi connectivity index (χ0v) is 9.64. The molecule has 0 bridgehead atoms. The molecule has 6 heteroatoms. The van der Waals surface area contributed by atoms with E-state index in [0.717, 1.165) is 0 Å². The summed E-state index contributed by atoms with van der Waals surface area (Å²) in [5, 5.41) is 7.77. The van der Waals surface area contributed by atoms with Crippen molar-refractivity contribution in [3.63, 3.8) is 0 Å². The summed E-state index contributed by atoms with van der Waals surface area (Å²) in [6, 6.07) is 3.49. The summed E-state index contributed by atoms with van der Waals surface area (Å²) in [5.41, 5.74) is 0.509. The first-order chi connectivity index (χ1) is 8.09. The molecule has 1 atom stereocenters.